The lowest BCUT2D eigenvalue weighted by atomic mass is 10.1. The second kappa shape index (κ2) is 8.32. The van der Waals surface area contributed by atoms with E-state index < -0.39 is 0 Å². The Morgan fingerprint density at radius 3 is 2.04 bits per heavy atom. The summed E-state index contributed by atoms with van der Waals surface area (Å²) in [5, 5.41) is 2.90. The van der Waals surface area contributed by atoms with E-state index in [1.54, 1.807) is 36.2 Å². The highest BCUT2D eigenvalue weighted by Crippen LogP contribution is 2.15. The van der Waals surface area contributed by atoms with Crippen LogP contribution in [0.5, 0.6) is 0 Å². The Labute approximate surface area is 159 Å². The van der Waals surface area contributed by atoms with E-state index in [9.17, 15) is 9.59 Å². The van der Waals surface area contributed by atoms with Crippen LogP contribution in [0.4, 0.5) is 5.69 Å². The summed E-state index contributed by atoms with van der Waals surface area (Å²) in [4.78, 5) is 26.5. The molecule has 0 unspecified atom stereocenters. The molecular weight excluding hydrogens is 336 g/mol. The van der Waals surface area contributed by atoms with Gasteiger partial charge in [0, 0.05) is 30.4 Å². The number of anilines is 1. The van der Waals surface area contributed by atoms with Gasteiger partial charge in [0.1, 0.15) is 0 Å². The maximum atomic E-state index is 12.6. The number of para-hydroxylation sites is 1. The standard InChI is InChI=1S/C23H22N2O2/c1-17-8-10-18(11-9-17)16-24-22(26)19-12-14-20(15-13-19)23(27)25(2)21-6-4-3-5-7-21/h3-15H,16H2,1-2H3,(H,24,26). The molecule has 0 bridgehead atoms. The minimum atomic E-state index is -0.161. The lowest BCUT2D eigenvalue weighted by molar-refractivity contribution is 0.0948. The zero-order valence-electron chi connectivity index (χ0n) is 15.5. The monoisotopic (exact) mass is 358 g/mol. The fraction of sp³-hybridized carbons (Fsp3) is 0.130. The van der Waals surface area contributed by atoms with Crippen LogP contribution in [-0.4, -0.2) is 18.9 Å². The Balaban J connectivity index is 1.63. The van der Waals surface area contributed by atoms with E-state index in [1.165, 1.54) is 5.56 Å². The average Bonchev–Trinajstić information content (AvgIpc) is 2.73. The normalized spacial score (nSPS) is 10.3. The largest absolute Gasteiger partial charge is 0.348 e. The van der Waals surface area contributed by atoms with Gasteiger partial charge in [0.15, 0.2) is 0 Å². The van der Waals surface area contributed by atoms with Crippen LogP contribution >= 0.6 is 0 Å². The summed E-state index contributed by atoms with van der Waals surface area (Å²) >= 11 is 0. The fourth-order valence-corrected chi connectivity index (χ4v) is 2.72. The van der Waals surface area contributed by atoms with E-state index >= 15 is 0 Å². The van der Waals surface area contributed by atoms with Crippen molar-refractivity contribution in [2.75, 3.05) is 11.9 Å². The van der Waals surface area contributed by atoms with E-state index in [0.717, 1.165) is 11.3 Å². The Bertz CT molecular complexity index is 917. The molecule has 0 saturated heterocycles. The molecule has 4 heteroatoms. The Morgan fingerprint density at radius 2 is 1.41 bits per heavy atom. The van der Waals surface area contributed by atoms with Crippen LogP contribution in [0.25, 0.3) is 0 Å². The van der Waals surface area contributed by atoms with Crippen molar-refractivity contribution >= 4 is 17.5 Å². The number of rotatable bonds is 5. The lowest BCUT2D eigenvalue weighted by Crippen LogP contribution is -2.26. The van der Waals surface area contributed by atoms with Gasteiger partial charge in [-0.05, 0) is 48.9 Å². The van der Waals surface area contributed by atoms with E-state index in [1.807, 2.05) is 61.5 Å². The quantitative estimate of drug-likeness (QED) is 0.743. The van der Waals surface area contributed by atoms with Crippen molar-refractivity contribution in [1.29, 1.82) is 0 Å². The van der Waals surface area contributed by atoms with Gasteiger partial charge in [-0.3, -0.25) is 9.59 Å². The van der Waals surface area contributed by atoms with E-state index in [0.29, 0.717) is 17.7 Å². The highest BCUT2D eigenvalue weighted by molar-refractivity contribution is 6.06. The SMILES string of the molecule is Cc1ccc(CNC(=O)c2ccc(C(=O)N(C)c3ccccc3)cc2)cc1. The molecule has 0 saturated carbocycles. The van der Waals surface area contributed by atoms with Gasteiger partial charge < -0.3 is 10.2 Å². The fourth-order valence-electron chi connectivity index (χ4n) is 2.72. The number of amides is 2. The van der Waals surface area contributed by atoms with Gasteiger partial charge in [-0.1, -0.05) is 48.0 Å². The molecule has 3 aromatic rings. The smallest absolute Gasteiger partial charge is 0.258 e. The molecule has 0 aromatic heterocycles. The van der Waals surface area contributed by atoms with Crippen LogP contribution in [0.3, 0.4) is 0 Å². The highest BCUT2D eigenvalue weighted by atomic mass is 16.2. The summed E-state index contributed by atoms with van der Waals surface area (Å²) < 4.78 is 0. The molecule has 4 nitrogen and oxygen atoms in total. The highest BCUT2D eigenvalue weighted by Gasteiger charge is 2.14. The van der Waals surface area contributed by atoms with E-state index in [-0.39, 0.29) is 11.8 Å². The van der Waals surface area contributed by atoms with Crippen LogP contribution in [-0.2, 0) is 6.54 Å². The van der Waals surface area contributed by atoms with Gasteiger partial charge >= 0.3 is 0 Å². The van der Waals surface area contributed by atoms with Crippen LogP contribution in [0.15, 0.2) is 78.9 Å². The third-order valence-electron chi connectivity index (χ3n) is 4.42. The molecule has 0 heterocycles. The first-order chi connectivity index (χ1) is 13.0. The predicted molar refractivity (Wildman–Crippen MR) is 108 cm³/mol. The number of nitrogens with one attached hydrogen (secondary N) is 1. The van der Waals surface area contributed by atoms with Gasteiger partial charge in [-0.2, -0.15) is 0 Å². The van der Waals surface area contributed by atoms with Crippen LogP contribution in [0.2, 0.25) is 0 Å². The molecule has 27 heavy (non-hydrogen) atoms. The minimum absolute atomic E-state index is 0.118. The van der Waals surface area contributed by atoms with Crippen LogP contribution in [0, 0.1) is 6.92 Å². The molecule has 1 N–H and O–H groups in total. The van der Waals surface area contributed by atoms with E-state index in [2.05, 4.69) is 5.32 Å². The number of hydrogen-bond acceptors (Lipinski definition) is 2. The molecule has 0 atom stereocenters. The predicted octanol–water partition coefficient (Wildman–Crippen LogP) is 4.20. The van der Waals surface area contributed by atoms with Gasteiger partial charge in [0.05, 0.1) is 0 Å². The molecule has 0 fully saturated rings. The Hall–Kier alpha value is -3.40. The number of aryl methyl sites for hydroxylation is 1. The van der Waals surface area contributed by atoms with Crippen molar-refractivity contribution in [3.05, 3.63) is 101 Å². The van der Waals surface area contributed by atoms with Crippen LogP contribution in [0.1, 0.15) is 31.8 Å². The lowest BCUT2D eigenvalue weighted by Gasteiger charge is -2.17. The molecule has 0 aliphatic heterocycles. The van der Waals surface area contributed by atoms with Crippen molar-refractivity contribution in [2.45, 2.75) is 13.5 Å². The molecule has 2 amide bonds. The molecule has 3 rings (SSSR count). The van der Waals surface area contributed by atoms with E-state index in [4.69, 9.17) is 0 Å². The first-order valence-corrected chi connectivity index (χ1v) is 8.81. The molecule has 0 aliphatic carbocycles. The van der Waals surface area contributed by atoms with Crippen LogP contribution < -0.4 is 10.2 Å². The summed E-state index contributed by atoms with van der Waals surface area (Å²) in [7, 11) is 1.74. The summed E-state index contributed by atoms with van der Waals surface area (Å²) in [5.74, 6) is -0.279. The number of benzene rings is 3. The summed E-state index contributed by atoms with van der Waals surface area (Å²) in [6.07, 6.45) is 0. The minimum Gasteiger partial charge on any atom is -0.348 e. The molecule has 0 aliphatic rings. The summed E-state index contributed by atoms with van der Waals surface area (Å²) in [6, 6.07) is 24.2. The van der Waals surface area contributed by atoms with Gasteiger partial charge in [-0.15, -0.1) is 0 Å². The maximum Gasteiger partial charge on any atom is 0.258 e. The van der Waals surface area contributed by atoms with Crippen molar-refractivity contribution in [2.24, 2.45) is 0 Å². The zero-order chi connectivity index (χ0) is 19.2. The second-order valence-electron chi connectivity index (χ2n) is 6.45. The first-order valence-electron chi connectivity index (χ1n) is 8.81. The summed E-state index contributed by atoms with van der Waals surface area (Å²) in [6.45, 7) is 2.50. The molecular formula is C23H22N2O2. The van der Waals surface area contributed by atoms with Gasteiger partial charge in [0.25, 0.3) is 11.8 Å². The third kappa shape index (κ3) is 4.61. The average molecular weight is 358 g/mol. The molecule has 136 valence electrons. The number of hydrogen-bond donors (Lipinski definition) is 1. The van der Waals surface area contributed by atoms with Crippen molar-refractivity contribution < 1.29 is 9.59 Å². The Morgan fingerprint density at radius 1 is 0.815 bits per heavy atom. The second-order valence-corrected chi connectivity index (χ2v) is 6.45. The van der Waals surface area contributed by atoms with Crippen molar-refractivity contribution in [3.63, 3.8) is 0 Å². The molecule has 0 spiro atoms. The third-order valence-corrected chi connectivity index (χ3v) is 4.42. The number of carbonyl (C=O) groups is 2. The summed E-state index contributed by atoms with van der Waals surface area (Å²) in [5.41, 5.74) is 4.12. The topological polar surface area (TPSA) is 49.4 Å². The van der Waals surface area contributed by atoms with Crippen molar-refractivity contribution in [1.82, 2.24) is 5.32 Å². The zero-order valence-corrected chi connectivity index (χ0v) is 15.5. The maximum absolute atomic E-state index is 12.6. The molecule has 3 aromatic carbocycles. The molecule has 0 radical (unpaired) electrons. The Kier molecular flexibility index (Phi) is 5.67. The van der Waals surface area contributed by atoms with Gasteiger partial charge in [-0.25, -0.2) is 0 Å². The first kappa shape index (κ1) is 18.4. The van der Waals surface area contributed by atoms with Crippen molar-refractivity contribution in [3.8, 4) is 0 Å². The van der Waals surface area contributed by atoms with Gasteiger partial charge in [0.2, 0.25) is 0 Å². The number of nitrogens with zero attached hydrogens (tertiary/aromatic N) is 1. The number of carbonyl (C=O) groups excluding carboxylic acids is 2.